The Labute approximate surface area is 215 Å². The van der Waals surface area contributed by atoms with Crippen LogP contribution in [0.3, 0.4) is 0 Å². The van der Waals surface area contributed by atoms with Gasteiger partial charge in [0.1, 0.15) is 17.6 Å². The van der Waals surface area contributed by atoms with E-state index in [2.05, 4.69) is 11.8 Å². The molecule has 2 aliphatic heterocycles. The van der Waals surface area contributed by atoms with Gasteiger partial charge in [0, 0.05) is 30.0 Å². The van der Waals surface area contributed by atoms with Gasteiger partial charge in [-0.2, -0.15) is 0 Å². The van der Waals surface area contributed by atoms with Crippen molar-refractivity contribution in [2.75, 3.05) is 22.9 Å². The normalized spacial score (nSPS) is 20.2. The first-order chi connectivity index (χ1) is 18.0. The van der Waals surface area contributed by atoms with Gasteiger partial charge >= 0.3 is 0 Å². The fraction of sp³-hybridized carbons (Fsp3) is 0.226. The first-order valence-electron chi connectivity index (χ1n) is 12.7. The molecule has 6 nitrogen and oxygen atoms in total. The molecular formula is C31H28N2O4. The van der Waals surface area contributed by atoms with Crippen molar-refractivity contribution in [3.63, 3.8) is 0 Å². The van der Waals surface area contributed by atoms with E-state index in [0.717, 1.165) is 48.3 Å². The van der Waals surface area contributed by atoms with E-state index < -0.39 is 17.7 Å². The van der Waals surface area contributed by atoms with Crippen molar-refractivity contribution in [2.24, 2.45) is 5.92 Å². The molecule has 6 heteroatoms. The molecule has 186 valence electrons. The number of carbonyl (C=O) groups is 2. The van der Waals surface area contributed by atoms with Crippen LogP contribution in [0.4, 0.5) is 11.4 Å². The molecule has 37 heavy (non-hydrogen) atoms. The zero-order valence-electron chi connectivity index (χ0n) is 20.6. The van der Waals surface area contributed by atoms with Crippen LogP contribution in [0.25, 0.3) is 16.5 Å². The number of aliphatic hydroxyl groups is 1. The quantitative estimate of drug-likeness (QED) is 0.206. The standard InChI is InChI=1S/C31H28N2O4/c1-20-15-17-32(18-16-20)22-11-13-23(14-12-22)33-28(26-10-5-19-37-26)27(30(35)31(33)36)29(34)25-9-4-7-21-6-2-3-8-24(21)25/h2-14,19-20,28,34H,15-18H2,1H3/b29-27-. The lowest BCUT2D eigenvalue weighted by atomic mass is 9.96. The Morgan fingerprint density at radius 1 is 0.865 bits per heavy atom. The highest BCUT2D eigenvalue weighted by Crippen LogP contribution is 2.43. The highest BCUT2D eigenvalue weighted by molar-refractivity contribution is 6.51. The van der Waals surface area contributed by atoms with Gasteiger partial charge in [-0.1, -0.05) is 49.4 Å². The van der Waals surface area contributed by atoms with E-state index in [1.807, 2.05) is 60.7 Å². The van der Waals surface area contributed by atoms with Crippen molar-refractivity contribution in [3.05, 3.63) is 102 Å². The van der Waals surface area contributed by atoms with Crippen LogP contribution in [-0.2, 0) is 9.59 Å². The van der Waals surface area contributed by atoms with Gasteiger partial charge in [0.25, 0.3) is 11.7 Å². The van der Waals surface area contributed by atoms with Crippen molar-refractivity contribution in [3.8, 4) is 0 Å². The van der Waals surface area contributed by atoms with Crippen LogP contribution in [0.2, 0.25) is 0 Å². The number of ketones is 1. The third-order valence-electron chi connectivity index (χ3n) is 7.58. The van der Waals surface area contributed by atoms with Gasteiger partial charge < -0.3 is 14.4 Å². The minimum absolute atomic E-state index is 0.0189. The summed E-state index contributed by atoms with van der Waals surface area (Å²) in [6, 6.07) is 23.5. The van der Waals surface area contributed by atoms with Crippen LogP contribution < -0.4 is 9.80 Å². The van der Waals surface area contributed by atoms with E-state index in [1.54, 1.807) is 18.2 Å². The van der Waals surface area contributed by atoms with Gasteiger partial charge in [0.2, 0.25) is 0 Å². The van der Waals surface area contributed by atoms with Crippen LogP contribution >= 0.6 is 0 Å². The smallest absolute Gasteiger partial charge is 0.300 e. The number of anilines is 2. The number of nitrogens with zero attached hydrogens (tertiary/aromatic N) is 2. The average Bonchev–Trinajstić information content (AvgIpc) is 3.55. The van der Waals surface area contributed by atoms with Gasteiger partial charge in [-0.05, 0) is 65.9 Å². The molecule has 0 saturated carbocycles. The van der Waals surface area contributed by atoms with Gasteiger partial charge in [-0.15, -0.1) is 0 Å². The van der Waals surface area contributed by atoms with Crippen molar-refractivity contribution >= 4 is 39.6 Å². The Balaban J connectivity index is 1.44. The molecule has 2 aliphatic rings. The molecule has 0 spiro atoms. The van der Waals surface area contributed by atoms with Gasteiger partial charge in [0.15, 0.2) is 0 Å². The summed E-state index contributed by atoms with van der Waals surface area (Å²) in [6.45, 7) is 4.29. The SMILES string of the molecule is CC1CCN(c2ccc(N3C(=O)C(=O)/C(=C(\O)c4cccc5ccccc45)C3c3ccco3)cc2)CC1. The molecule has 1 amide bonds. The molecule has 2 saturated heterocycles. The van der Waals surface area contributed by atoms with Crippen molar-refractivity contribution in [1.82, 2.24) is 0 Å². The average molecular weight is 493 g/mol. The second kappa shape index (κ2) is 9.28. The van der Waals surface area contributed by atoms with Crippen LogP contribution in [0.5, 0.6) is 0 Å². The summed E-state index contributed by atoms with van der Waals surface area (Å²) in [4.78, 5) is 30.6. The predicted octanol–water partition coefficient (Wildman–Crippen LogP) is 6.30. The Morgan fingerprint density at radius 2 is 1.57 bits per heavy atom. The van der Waals surface area contributed by atoms with Gasteiger partial charge in [0.05, 0.1) is 11.8 Å². The molecule has 3 heterocycles. The first-order valence-corrected chi connectivity index (χ1v) is 12.7. The molecule has 6 rings (SSSR count). The number of rotatable bonds is 4. The number of furan rings is 1. The van der Waals surface area contributed by atoms with Crippen molar-refractivity contribution in [1.29, 1.82) is 0 Å². The predicted molar refractivity (Wildman–Crippen MR) is 144 cm³/mol. The highest BCUT2D eigenvalue weighted by Gasteiger charge is 2.48. The number of carbonyl (C=O) groups excluding carboxylic acids is 2. The fourth-order valence-electron chi connectivity index (χ4n) is 5.48. The largest absolute Gasteiger partial charge is 0.507 e. The zero-order chi connectivity index (χ0) is 25.5. The number of amides is 1. The van der Waals surface area contributed by atoms with Crippen LogP contribution in [0.1, 0.15) is 37.1 Å². The van der Waals surface area contributed by atoms with Crippen molar-refractivity contribution < 1.29 is 19.1 Å². The summed E-state index contributed by atoms with van der Waals surface area (Å²) in [5.74, 6) is -0.491. The Kier molecular flexibility index (Phi) is 5.80. The van der Waals surface area contributed by atoms with E-state index in [-0.39, 0.29) is 11.3 Å². The molecule has 1 aromatic heterocycles. The lowest BCUT2D eigenvalue weighted by Gasteiger charge is -2.32. The topological polar surface area (TPSA) is 74.0 Å². The lowest BCUT2D eigenvalue weighted by Crippen LogP contribution is -2.33. The highest BCUT2D eigenvalue weighted by atomic mass is 16.3. The summed E-state index contributed by atoms with van der Waals surface area (Å²) in [5.41, 5.74) is 2.19. The molecule has 1 N–H and O–H groups in total. The molecule has 4 aromatic rings. The summed E-state index contributed by atoms with van der Waals surface area (Å²) < 4.78 is 5.70. The third-order valence-corrected chi connectivity index (χ3v) is 7.58. The van der Waals surface area contributed by atoms with Crippen LogP contribution in [0, 0.1) is 5.92 Å². The van der Waals surface area contributed by atoms with Gasteiger partial charge in [-0.3, -0.25) is 14.5 Å². The number of fused-ring (bicyclic) bond motifs is 1. The minimum Gasteiger partial charge on any atom is -0.507 e. The second-order valence-corrected chi connectivity index (χ2v) is 9.90. The maximum atomic E-state index is 13.4. The van der Waals surface area contributed by atoms with E-state index in [9.17, 15) is 14.7 Å². The Bertz CT molecular complexity index is 1490. The number of aliphatic hydroxyl groups excluding tert-OH is 1. The molecule has 3 aromatic carbocycles. The maximum absolute atomic E-state index is 13.4. The van der Waals surface area contributed by atoms with E-state index in [1.165, 1.54) is 11.2 Å². The molecule has 0 aliphatic carbocycles. The monoisotopic (exact) mass is 492 g/mol. The summed E-state index contributed by atoms with van der Waals surface area (Å²) >= 11 is 0. The van der Waals surface area contributed by atoms with Crippen molar-refractivity contribution in [2.45, 2.75) is 25.8 Å². The lowest BCUT2D eigenvalue weighted by molar-refractivity contribution is -0.132. The fourth-order valence-corrected chi connectivity index (χ4v) is 5.48. The molecule has 1 unspecified atom stereocenters. The van der Waals surface area contributed by atoms with E-state index in [4.69, 9.17) is 4.42 Å². The molecule has 0 radical (unpaired) electrons. The van der Waals surface area contributed by atoms with Gasteiger partial charge in [-0.25, -0.2) is 0 Å². The Hall–Kier alpha value is -4.32. The summed E-state index contributed by atoms with van der Waals surface area (Å²) in [5, 5.41) is 13.2. The third kappa shape index (κ3) is 3.99. The maximum Gasteiger partial charge on any atom is 0.300 e. The molecule has 0 bridgehead atoms. The molecule has 1 atom stereocenters. The number of piperidine rings is 1. The zero-order valence-corrected chi connectivity index (χ0v) is 20.6. The summed E-state index contributed by atoms with van der Waals surface area (Å²) in [7, 11) is 0. The number of hydrogen-bond donors (Lipinski definition) is 1. The number of hydrogen-bond acceptors (Lipinski definition) is 5. The summed E-state index contributed by atoms with van der Waals surface area (Å²) in [6.07, 6.45) is 3.82. The van der Waals surface area contributed by atoms with Crippen LogP contribution in [-0.4, -0.2) is 29.9 Å². The molecular weight excluding hydrogens is 464 g/mol. The van der Waals surface area contributed by atoms with Crippen LogP contribution in [0.15, 0.2) is 95.1 Å². The second-order valence-electron chi connectivity index (χ2n) is 9.90. The first kappa shape index (κ1) is 23.1. The van der Waals surface area contributed by atoms with E-state index >= 15 is 0 Å². The Morgan fingerprint density at radius 3 is 2.30 bits per heavy atom. The number of Topliss-reactive ketones (excluding diaryl/α,β-unsaturated/α-hetero) is 1. The number of benzene rings is 3. The van der Waals surface area contributed by atoms with E-state index in [0.29, 0.717) is 17.0 Å². The molecule has 2 fully saturated rings. The minimum atomic E-state index is -0.879.